The van der Waals surface area contributed by atoms with E-state index in [0.29, 0.717) is 28.3 Å². The Kier molecular flexibility index (Phi) is 6.19. The van der Waals surface area contributed by atoms with Gasteiger partial charge in [0.2, 0.25) is 5.91 Å². The Labute approximate surface area is 191 Å². The standard InChI is InChI=1S/C24H18F3N3O4/c1-32-22-9-17-16-4-2-3-5-20(16)34-21(17)10-18(22)30-23(31)12-29-15-6-7-19(14(8-15)11-28)33-13-24(25,26)27/h2-10,29H,12-13H2,1H3,(H,30,31). The molecule has 174 valence electrons. The van der Waals surface area contributed by atoms with Crippen LogP contribution in [0.15, 0.2) is 59.0 Å². The number of fused-ring (bicyclic) bond motifs is 3. The summed E-state index contributed by atoms with van der Waals surface area (Å²) >= 11 is 0. The number of carbonyl (C=O) groups is 1. The highest BCUT2D eigenvalue weighted by atomic mass is 19.4. The summed E-state index contributed by atoms with van der Waals surface area (Å²) in [7, 11) is 1.49. The summed E-state index contributed by atoms with van der Waals surface area (Å²) in [4.78, 5) is 12.5. The van der Waals surface area contributed by atoms with Gasteiger partial charge in [0.1, 0.15) is 28.7 Å². The molecule has 4 rings (SSSR count). The number of para-hydroxylation sites is 1. The molecule has 0 saturated carbocycles. The molecule has 0 unspecified atom stereocenters. The van der Waals surface area contributed by atoms with Gasteiger partial charge >= 0.3 is 6.18 Å². The first-order chi connectivity index (χ1) is 16.3. The van der Waals surface area contributed by atoms with Crippen LogP contribution in [-0.4, -0.2) is 32.3 Å². The fourth-order valence-corrected chi connectivity index (χ4v) is 3.41. The van der Waals surface area contributed by atoms with Crippen molar-refractivity contribution in [3.63, 3.8) is 0 Å². The lowest BCUT2D eigenvalue weighted by Gasteiger charge is -2.13. The zero-order valence-corrected chi connectivity index (χ0v) is 17.8. The van der Waals surface area contributed by atoms with Crippen LogP contribution < -0.4 is 20.1 Å². The largest absolute Gasteiger partial charge is 0.495 e. The Morgan fingerprint density at radius 2 is 1.85 bits per heavy atom. The summed E-state index contributed by atoms with van der Waals surface area (Å²) < 4.78 is 53.0. The zero-order chi connectivity index (χ0) is 24.3. The average Bonchev–Trinajstić information content (AvgIpc) is 3.17. The van der Waals surface area contributed by atoms with E-state index >= 15 is 0 Å². The molecule has 1 heterocycles. The summed E-state index contributed by atoms with van der Waals surface area (Å²) in [5, 5.41) is 16.5. The topological polar surface area (TPSA) is 96.5 Å². The number of alkyl halides is 3. The van der Waals surface area contributed by atoms with E-state index in [4.69, 9.17) is 9.15 Å². The van der Waals surface area contributed by atoms with Crippen LogP contribution in [0.3, 0.4) is 0 Å². The van der Waals surface area contributed by atoms with Crippen LogP contribution in [0, 0.1) is 11.3 Å². The molecule has 10 heteroatoms. The predicted molar refractivity (Wildman–Crippen MR) is 120 cm³/mol. The number of amides is 1. The van der Waals surface area contributed by atoms with Crippen molar-refractivity contribution in [1.29, 1.82) is 5.26 Å². The Morgan fingerprint density at radius 3 is 2.59 bits per heavy atom. The highest BCUT2D eigenvalue weighted by molar-refractivity contribution is 6.08. The second-order valence-electron chi connectivity index (χ2n) is 7.28. The van der Waals surface area contributed by atoms with E-state index in [1.807, 2.05) is 24.3 Å². The molecule has 3 aromatic carbocycles. The summed E-state index contributed by atoms with van der Waals surface area (Å²) in [5.41, 5.74) is 1.98. The monoisotopic (exact) mass is 469 g/mol. The maximum atomic E-state index is 12.5. The highest BCUT2D eigenvalue weighted by Gasteiger charge is 2.28. The van der Waals surface area contributed by atoms with Gasteiger partial charge in [-0.3, -0.25) is 4.79 Å². The van der Waals surface area contributed by atoms with Crippen molar-refractivity contribution in [3.05, 3.63) is 60.2 Å². The molecule has 1 amide bonds. The molecule has 0 saturated heterocycles. The van der Waals surface area contributed by atoms with E-state index in [9.17, 15) is 23.2 Å². The Balaban J connectivity index is 1.45. The summed E-state index contributed by atoms with van der Waals surface area (Å²) in [6.45, 7) is -1.68. The van der Waals surface area contributed by atoms with Crippen LogP contribution >= 0.6 is 0 Å². The minimum absolute atomic E-state index is 0.0911. The lowest BCUT2D eigenvalue weighted by molar-refractivity contribution is -0.153. The van der Waals surface area contributed by atoms with Gasteiger partial charge in [-0.25, -0.2) is 0 Å². The number of methoxy groups -OCH3 is 1. The van der Waals surface area contributed by atoms with Gasteiger partial charge in [0.15, 0.2) is 6.61 Å². The van der Waals surface area contributed by atoms with E-state index in [-0.39, 0.29) is 17.9 Å². The second kappa shape index (κ2) is 9.23. The van der Waals surface area contributed by atoms with Crippen molar-refractivity contribution in [2.75, 3.05) is 30.9 Å². The van der Waals surface area contributed by atoms with Gasteiger partial charge < -0.3 is 24.5 Å². The summed E-state index contributed by atoms with van der Waals surface area (Å²) in [6.07, 6.45) is -4.52. The molecule has 0 aliphatic heterocycles. The van der Waals surface area contributed by atoms with E-state index in [0.717, 1.165) is 10.8 Å². The van der Waals surface area contributed by atoms with Gasteiger partial charge in [-0.15, -0.1) is 0 Å². The van der Waals surface area contributed by atoms with Crippen molar-refractivity contribution in [3.8, 4) is 17.6 Å². The summed E-state index contributed by atoms with van der Waals surface area (Å²) in [6, 6.07) is 16.7. The first-order valence-electron chi connectivity index (χ1n) is 10.0. The minimum Gasteiger partial charge on any atom is -0.495 e. The molecule has 0 atom stereocenters. The third-order valence-electron chi connectivity index (χ3n) is 4.92. The fraction of sp³-hybridized carbons (Fsp3) is 0.167. The first-order valence-corrected chi connectivity index (χ1v) is 10.0. The maximum absolute atomic E-state index is 12.5. The average molecular weight is 469 g/mol. The number of nitrogens with zero attached hydrogens (tertiary/aromatic N) is 1. The molecular formula is C24H18F3N3O4. The van der Waals surface area contributed by atoms with E-state index in [1.165, 1.54) is 25.3 Å². The smallest absolute Gasteiger partial charge is 0.422 e. The van der Waals surface area contributed by atoms with Gasteiger partial charge in [0.25, 0.3) is 0 Å². The van der Waals surface area contributed by atoms with E-state index < -0.39 is 18.7 Å². The molecule has 0 radical (unpaired) electrons. The van der Waals surface area contributed by atoms with Crippen molar-refractivity contribution in [2.24, 2.45) is 0 Å². The molecule has 0 fully saturated rings. The van der Waals surface area contributed by atoms with Crippen LogP contribution in [0.5, 0.6) is 11.5 Å². The van der Waals surface area contributed by atoms with Gasteiger partial charge in [0, 0.05) is 22.5 Å². The van der Waals surface area contributed by atoms with E-state index in [1.54, 1.807) is 18.2 Å². The van der Waals surface area contributed by atoms with Crippen LogP contribution in [0.1, 0.15) is 5.56 Å². The van der Waals surface area contributed by atoms with Gasteiger partial charge in [-0.1, -0.05) is 18.2 Å². The van der Waals surface area contributed by atoms with Crippen molar-refractivity contribution >= 4 is 39.2 Å². The number of hydrogen-bond acceptors (Lipinski definition) is 6. The number of anilines is 2. The van der Waals surface area contributed by atoms with Crippen LogP contribution in [0.25, 0.3) is 21.9 Å². The van der Waals surface area contributed by atoms with Crippen LogP contribution in [-0.2, 0) is 4.79 Å². The number of nitrogens with one attached hydrogen (secondary N) is 2. The fourth-order valence-electron chi connectivity index (χ4n) is 3.41. The second-order valence-corrected chi connectivity index (χ2v) is 7.28. The number of halogens is 3. The molecule has 0 aliphatic rings. The van der Waals surface area contributed by atoms with Gasteiger partial charge in [-0.2, -0.15) is 18.4 Å². The molecule has 7 nitrogen and oxygen atoms in total. The molecular weight excluding hydrogens is 451 g/mol. The number of nitriles is 1. The Hall–Kier alpha value is -4.39. The highest BCUT2D eigenvalue weighted by Crippen LogP contribution is 2.36. The molecule has 1 aromatic heterocycles. The van der Waals surface area contributed by atoms with Crippen LogP contribution in [0.2, 0.25) is 0 Å². The number of furan rings is 1. The molecule has 4 aromatic rings. The van der Waals surface area contributed by atoms with E-state index in [2.05, 4.69) is 15.4 Å². The lowest BCUT2D eigenvalue weighted by atomic mass is 10.1. The predicted octanol–water partition coefficient (Wildman–Crippen LogP) is 5.46. The minimum atomic E-state index is -4.52. The van der Waals surface area contributed by atoms with Crippen molar-refractivity contribution < 1.29 is 31.9 Å². The van der Waals surface area contributed by atoms with Crippen molar-refractivity contribution in [1.82, 2.24) is 0 Å². The Morgan fingerprint density at radius 1 is 1.06 bits per heavy atom. The van der Waals surface area contributed by atoms with Gasteiger partial charge in [0.05, 0.1) is 24.9 Å². The molecule has 0 aliphatic carbocycles. The zero-order valence-electron chi connectivity index (χ0n) is 17.8. The lowest BCUT2D eigenvalue weighted by Crippen LogP contribution is -2.22. The third kappa shape index (κ3) is 4.99. The molecule has 0 spiro atoms. The Bertz CT molecular complexity index is 1410. The number of rotatable bonds is 7. The number of hydrogen-bond donors (Lipinski definition) is 2. The third-order valence-corrected chi connectivity index (χ3v) is 4.92. The molecule has 0 bridgehead atoms. The maximum Gasteiger partial charge on any atom is 0.422 e. The number of carbonyl (C=O) groups excluding carboxylic acids is 1. The summed E-state index contributed by atoms with van der Waals surface area (Å²) in [5.74, 6) is -0.159. The van der Waals surface area contributed by atoms with Crippen molar-refractivity contribution in [2.45, 2.75) is 6.18 Å². The molecule has 2 N–H and O–H groups in total. The first kappa shape index (κ1) is 22.8. The number of ether oxygens (including phenoxy) is 2. The normalized spacial score (nSPS) is 11.3. The number of benzene rings is 3. The quantitative estimate of drug-likeness (QED) is 0.373. The SMILES string of the molecule is COc1cc2c(cc1NC(=O)CNc1ccc(OCC(F)(F)F)c(C#N)c1)oc1ccccc12. The van der Waals surface area contributed by atoms with Gasteiger partial charge in [-0.05, 0) is 30.3 Å². The molecule has 34 heavy (non-hydrogen) atoms. The van der Waals surface area contributed by atoms with Crippen LogP contribution in [0.4, 0.5) is 24.5 Å².